The van der Waals surface area contributed by atoms with Gasteiger partial charge in [-0.25, -0.2) is 9.19 Å². The Kier molecular flexibility index (Phi) is 5.52. The molecule has 0 aromatic carbocycles. The first-order valence-corrected chi connectivity index (χ1v) is 6.61. The summed E-state index contributed by atoms with van der Waals surface area (Å²) in [6, 6.07) is 3.34. The molecule has 1 amide bonds. The summed E-state index contributed by atoms with van der Waals surface area (Å²) in [6.07, 6.45) is 1.54. The molecule has 8 heteroatoms. The first kappa shape index (κ1) is 14.1. The van der Waals surface area contributed by atoms with Gasteiger partial charge in [-0.1, -0.05) is 0 Å². The van der Waals surface area contributed by atoms with Crippen molar-refractivity contribution in [2.45, 2.75) is 6.92 Å². The van der Waals surface area contributed by atoms with Crippen LogP contribution in [0.3, 0.4) is 0 Å². The van der Waals surface area contributed by atoms with Crippen LogP contribution in [0, 0.1) is 0 Å². The second-order valence-corrected chi connectivity index (χ2v) is 4.97. The largest absolute Gasteiger partial charge is 0.355 e. The van der Waals surface area contributed by atoms with Gasteiger partial charge in [0.1, 0.15) is 5.82 Å². The highest BCUT2D eigenvalue weighted by Crippen LogP contribution is 2.15. The van der Waals surface area contributed by atoms with Crippen LogP contribution < -0.4 is 9.62 Å². The molecule has 1 atom stereocenters. The van der Waals surface area contributed by atoms with Crippen molar-refractivity contribution in [3.8, 4) is 0 Å². The van der Waals surface area contributed by atoms with Crippen LogP contribution >= 0.6 is 15.9 Å². The lowest BCUT2D eigenvalue weighted by Gasteiger charge is -2.18. The third kappa shape index (κ3) is 4.80. The topological polar surface area (TPSA) is 82.5 Å². The van der Waals surface area contributed by atoms with Crippen molar-refractivity contribution in [2.75, 3.05) is 17.4 Å². The van der Waals surface area contributed by atoms with Gasteiger partial charge < -0.3 is 5.32 Å². The highest BCUT2D eigenvalue weighted by molar-refractivity contribution is 9.10. The third-order valence-electron chi connectivity index (χ3n) is 1.84. The highest BCUT2D eigenvalue weighted by Gasteiger charge is 2.13. The van der Waals surface area contributed by atoms with E-state index in [0.717, 1.165) is 4.47 Å². The minimum Gasteiger partial charge on any atom is -0.355 e. The minimum atomic E-state index is -2.17. The Morgan fingerprint density at radius 3 is 2.82 bits per heavy atom. The van der Waals surface area contributed by atoms with Gasteiger partial charge in [0.25, 0.3) is 11.3 Å². The molecule has 0 saturated carbocycles. The lowest BCUT2D eigenvalue weighted by Crippen LogP contribution is -2.35. The number of pyridine rings is 1. The van der Waals surface area contributed by atoms with E-state index in [1.807, 2.05) is 0 Å². The van der Waals surface area contributed by atoms with Crippen LogP contribution in [0.5, 0.6) is 0 Å². The van der Waals surface area contributed by atoms with E-state index < -0.39 is 11.3 Å². The second kappa shape index (κ2) is 6.67. The molecule has 6 nitrogen and oxygen atoms in total. The van der Waals surface area contributed by atoms with Crippen molar-refractivity contribution in [3.63, 3.8) is 0 Å². The Labute approximate surface area is 110 Å². The summed E-state index contributed by atoms with van der Waals surface area (Å²) in [6.45, 7) is 1.87. The van der Waals surface area contributed by atoms with E-state index in [1.54, 1.807) is 12.1 Å². The van der Waals surface area contributed by atoms with Crippen LogP contribution in [0.2, 0.25) is 0 Å². The summed E-state index contributed by atoms with van der Waals surface area (Å²) in [5.41, 5.74) is 0. The number of anilines is 1. The van der Waals surface area contributed by atoms with Crippen molar-refractivity contribution in [1.82, 2.24) is 10.3 Å². The van der Waals surface area contributed by atoms with E-state index >= 15 is 0 Å². The van der Waals surface area contributed by atoms with Crippen LogP contribution in [0.1, 0.15) is 6.92 Å². The van der Waals surface area contributed by atoms with E-state index in [-0.39, 0.29) is 19.0 Å². The van der Waals surface area contributed by atoms with Crippen LogP contribution in [-0.2, 0) is 16.1 Å². The molecular weight excluding hydrogens is 310 g/mol. The molecular formula is C9H12BrN3O3S. The Balaban J connectivity index is 2.69. The van der Waals surface area contributed by atoms with E-state index in [0.29, 0.717) is 5.82 Å². The quantitative estimate of drug-likeness (QED) is 0.790. The van der Waals surface area contributed by atoms with Crippen LogP contribution in [0.25, 0.3) is 0 Å². The van der Waals surface area contributed by atoms with Gasteiger partial charge in [0.15, 0.2) is 0 Å². The number of hydrogen-bond acceptors (Lipinski definition) is 3. The zero-order chi connectivity index (χ0) is 12.8. The van der Waals surface area contributed by atoms with Crippen molar-refractivity contribution in [3.05, 3.63) is 22.8 Å². The minimum absolute atomic E-state index is 0.183. The maximum Gasteiger partial charge on any atom is 0.263 e. The molecule has 0 aliphatic carbocycles. The maximum atomic E-state index is 11.1. The summed E-state index contributed by atoms with van der Waals surface area (Å²) in [5, 5.41) is 2.55. The van der Waals surface area contributed by atoms with Crippen molar-refractivity contribution in [1.29, 1.82) is 0 Å². The van der Waals surface area contributed by atoms with Crippen LogP contribution in [0.4, 0.5) is 5.82 Å². The van der Waals surface area contributed by atoms with E-state index in [4.69, 9.17) is 4.55 Å². The monoisotopic (exact) mass is 321 g/mol. The van der Waals surface area contributed by atoms with Crippen LogP contribution in [0.15, 0.2) is 22.8 Å². The predicted molar refractivity (Wildman–Crippen MR) is 68.7 cm³/mol. The average molecular weight is 322 g/mol. The maximum absolute atomic E-state index is 11.1. The molecule has 1 rings (SSSR count). The molecule has 0 spiro atoms. The van der Waals surface area contributed by atoms with Crippen molar-refractivity contribution in [2.24, 2.45) is 0 Å². The van der Waals surface area contributed by atoms with Gasteiger partial charge >= 0.3 is 0 Å². The molecule has 17 heavy (non-hydrogen) atoms. The van der Waals surface area contributed by atoms with Crippen molar-refractivity contribution >= 4 is 38.9 Å². The van der Waals surface area contributed by atoms with Gasteiger partial charge in [-0.15, -0.1) is 0 Å². The lowest BCUT2D eigenvalue weighted by atomic mass is 10.4. The molecule has 94 valence electrons. The van der Waals surface area contributed by atoms with Gasteiger partial charge in [0.05, 0.1) is 6.54 Å². The first-order valence-electron chi connectivity index (χ1n) is 4.75. The molecule has 1 aromatic rings. The number of rotatable bonds is 5. The smallest absolute Gasteiger partial charge is 0.263 e. The zero-order valence-corrected chi connectivity index (χ0v) is 11.5. The number of carbonyl (C=O) groups is 1. The molecule has 0 fully saturated rings. The molecule has 0 aliphatic heterocycles. The number of aromatic nitrogens is 1. The Morgan fingerprint density at radius 2 is 2.35 bits per heavy atom. The molecule has 1 unspecified atom stereocenters. The summed E-state index contributed by atoms with van der Waals surface area (Å²) < 4.78 is 22.2. The van der Waals surface area contributed by atoms with Gasteiger partial charge in [-0.2, -0.15) is 0 Å². The average Bonchev–Trinajstić information content (AvgIpc) is 2.25. The van der Waals surface area contributed by atoms with E-state index in [2.05, 4.69) is 26.2 Å². The molecule has 0 radical (unpaired) electrons. The van der Waals surface area contributed by atoms with Gasteiger partial charge in [0, 0.05) is 24.1 Å². The SMILES string of the molecule is CC(=O)NCCN(c1ccc(Br)cn1)S(=O)O. The van der Waals surface area contributed by atoms with Gasteiger partial charge in [-0.3, -0.25) is 13.7 Å². The molecule has 0 aliphatic rings. The Morgan fingerprint density at radius 1 is 1.65 bits per heavy atom. The summed E-state index contributed by atoms with van der Waals surface area (Å²) in [5.74, 6) is 0.192. The number of carbonyl (C=O) groups excluding carboxylic acids is 1. The lowest BCUT2D eigenvalue weighted by molar-refractivity contribution is -0.118. The summed E-state index contributed by atoms with van der Waals surface area (Å²) in [7, 11) is 0. The number of nitrogens with zero attached hydrogens (tertiary/aromatic N) is 2. The standard InChI is InChI=1S/C9H12BrN3O3S/c1-7(14)11-4-5-13(17(15)16)9-3-2-8(10)6-12-9/h2-3,6H,4-5H2,1H3,(H,11,14)(H,15,16). The van der Waals surface area contributed by atoms with Gasteiger partial charge in [0.2, 0.25) is 5.91 Å². The fourth-order valence-corrected chi connectivity index (χ4v) is 1.87. The zero-order valence-electron chi connectivity index (χ0n) is 9.09. The fraction of sp³-hybridized carbons (Fsp3) is 0.333. The van der Waals surface area contributed by atoms with Gasteiger partial charge in [-0.05, 0) is 28.1 Å². The van der Waals surface area contributed by atoms with E-state index in [1.165, 1.54) is 17.4 Å². The first-order chi connectivity index (χ1) is 8.00. The molecule has 1 heterocycles. The predicted octanol–water partition coefficient (Wildman–Crippen LogP) is 0.923. The van der Waals surface area contributed by atoms with Crippen molar-refractivity contribution < 1.29 is 13.6 Å². The fourth-order valence-electron chi connectivity index (χ4n) is 1.12. The summed E-state index contributed by atoms with van der Waals surface area (Å²) in [4.78, 5) is 14.7. The molecule has 2 N–H and O–H groups in total. The molecule has 0 saturated heterocycles. The highest BCUT2D eigenvalue weighted by atomic mass is 79.9. The normalized spacial score (nSPS) is 11.9. The molecule has 0 bridgehead atoms. The number of nitrogens with one attached hydrogen (secondary N) is 1. The number of halogens is 1. The molecule has 1 aromatic heterocycles. The van der Waals surface area contributed by atoms with E-state index in [9.17, 15) is 9.00 Å². The second-order valence-electron chi connectivity index (χ2n) is 3.15. The Hall–Kier alpha value is -0.990. The summed E-state index contributed by atoms with van der Waals surface area (Å²) >= 11 is 1.06. The number of amides is 1. The van der Waals surface area contributed by atoms with Crippen LogP contribution in [-0.4, -0.2) is 32.7 Å². The Bertz CT molecular complexity index is 412. The number of hydrogen-bond donors (Lipinski definition) is 2. The third-order valence-corrected chi connectivity index (χ3v) is 3.06.